The van der Waals surface area contributed by atoms with Gasteiger partial charge in [0.05, 0.1) is 0 Å². The maximum absolute atomic E-state index is 9.19. The first-order valence-corrected chi connectivity index (χ1v) is 7.16. The van der Waals surface area contributed by atoms with Crippen molar-refractivity contribution in [3.8, 4) is 5.75 Å². The van der Waals surface area contributed by atoms with Gasteiger partial charge in [0.15, 0.2) is 0 Å². The first-order chi connectivity index (χ1) is 10.5. The monoisotopic (exact) mass is 302 g/mol. The molecule has 0 fully saturated rings. The van der Waals surface area contributed by atoms with Gasteiger partial charge in [0.25, 0.3) is 0 Å². The third-order valence-corrected chi connectivity index (χ3v) is 1.36. The molecule has 1 nitrogen and oxygen atoms in total. The van der Waals surface area contributed by atoms with Gasteiger partial charge >= 0.3 is 0 Å². The zero-order chi connectivity index (χ0) is 18.2. The van der Waals surface area contributed by atoms with Gasteiger partial charge in [-0.1, -0.05) is 48.6 Å². The summed E-state index contributed by atoms with van der Waals surface area (Å²) in [5, 5.41) is 9.19. The van der Waals surface area contributed by atoms with E-state index in [1.807, 2.05) is 45.9 Å². The lowest BCUT2D eigenvalue weighted by atomic mass is 10.1. The van der Waals surface area contributed by atoms with E-state index in [1.54, 1.807) is 36.4 Å². The smallest absolute Gasteiger partial charge is 0.119 e. The zero-order valence-corrected chi connectivity index (χ0v) is 14.9. The Morgan fingerprint density at radius 3 is 1.36 bits per heavy atom. The number of phenols is 1. The van der Waals surface area contributed by atoms with Crippen LogP contribution in [-0.2, 0) is 6.42 Å². The Balaban J connectivity index is -0.000000113. The molecule has 1 rings (SSSR count). The van der Waals surface area contributed by atoms with E-state index in [1.165, 1.54) is 0 Å². The van der Waals surface area contributed by atoms with E-state index in [2.05, 4.69) is 32.9 Å². The third-order valence-electron chi connectivity index (χ3n) is 1.36. The van der Waals surface area contributed by atoms with Crippen molar-refractivity contribution in [2.45, 2.75) is 34.1 Å². The number of hydrogen-bond acceptors (Lipinski definition) is 1. The topological polar surface area (TPSA) is 20.2 Å². The highest BCUT2D eigenvalue weighted by molar-refractivity contribution is 5.32. The highest BCUT2D eigenvalue weighted by Crippen LogP contribution is 2.15. The molecule has 0 radical (unpaired) electrons. The van der Waals surface area contributed by atoms with E-state index in [4.69, 9.17) is 0 Å². The Kier molecular flexibility index (Phi) is 39.7. The molecule has 0 saturated heterocycles. The van der Waals surface area contributed by atoms with Crippen molar-refractivity contribution in [1.82, 2.24) is 0 Å². The van der Waals surface area contributed by atoms with Crippen LogP contribution in [0.3, 0.4) is 0 Å². The largest absolute Gasteiger partial charge is 0.508 e. The van der Waals surface area contributed by atoms with Gasteiger partial charge in [-0.2, -0.15) is 0 Å². The second-order valence-electron chi connectivity index (χ2n) is 3.75. The number of benzene rings is 1. The van der Waals surface area contributed by atoms with E-state index in [-0.39, 0.29) is 0 Å². The van der Waals surface area contributed by atoms with Gasteiger partial charge in [-0.3, -0.25) is 0 Å². The normalized spacial score (nSPS) is 6.55. The minimum Gasteiger partial charge on any atom is -0.508 e. The van der Waals surface area contributed by atoms with Crippen molar-refractivity contribution in [2.75, 3.05) is 0 Å². The number of allylic oxidation sites excluding steroid dienone is 5. The lowest BCUT2D eigenvalue weighted by Gasteiger charge is -1.97. The molecular formula is C21H34O. The summed E-state index contributed by atoms with van der Waals surface area (Å²) in [5.41, 5.74) is 0.928. The lowest BCUT2D eigenvalue weighted by Crippen LogP contribution is -1.79. The summed E-state index contributed by atoms with van der Waals surface area (Å²) in [6.07, 6.45) is 9.50. The molecule has 0 spiro atoms. The molecule has 1 aromatic carbocycles. The Bertz CT molecular complexity index is 351. The number of rotatable bonds is 2. The molecule has 0 heterocycles. The van der Waals surface area contributed by atoms with E-state index in [0.717, 1.165) is 12.0 Å². The number of aromatic hydroxyl groups is 1. The lowest BCUT2D eigenvalue weighted by molar-refractivity contribution is 0.470. The van der Waals surface area contributed by atoms with Crippen molar-refractivity contribution in [3.05, 3.63) is 93.1 Å². The summed E-state index contributed by atoms with van der Waals surface area (Å²) >= 11 is 0. The Morgan fingerprint density at radius 1 is 0.773 bits per heavy atom. The highest BCUT2D eigenvalue weighted by Gasteiger charge is 1.93. The van der Waals surface area contributed by atoms with Crippen LogP contribution in [0.5, 0.6) is 5.75 Å². The van der Waals surface area contributed by atoms with Crippen LogP contribution in [0.25, 0.3) is 0 Å². The van der Waals surface area contributed by atoms with E-state index in [0.29, 0.717) is 5.75 Å². The molecule has 0 aliphatic heterocycles. The van der Waals surface area contributed by atoms with Crippen LogP contribution in [0.15, 0.2) is 87.5 Å². The molecule has 0 bridgehead atoms. The van der Waals surface area contributed by atoms with Crippen molar-refractivity contribution in [3.63, 3.8) is 0 Å². The summed E-state index contributed by atoms with van der Waals surface area (Å²) < 4.78 is 0. The zero-order valence-electron chi connectivity index (χ0n) is 14.9. The SMILES string of the molecule is C=CC.C=CC.C=CC.C=CC.C=CCc1ccccc1O. The average Bonchev–Trinajstić information content (AvgIpc) is 2.45. The van der Waals surface area contributed by atoms with Crippen LogP contribution >= 0.6 is 0 Å². The molecule has 124 valence electrons. The van der Waals surface area contributed by atoms with Crippen LogP contribution in [0.1, 0.15) is 33.3 Å². The van der Waals surface area contributed by atoms with Gasteiger partial charge in [0.2, 0.25) is 0 Å². The molecule has 0 saturated carbocycles. The summed E-state index contributed by atoms with van der Waals surface area (Å²) in [4.78, 5) is 0. The van der Waals surface area contributed by atoms with Crippen molar-refractivity contribution in [1.29, 1.82) is 0 Å². The van der Waals surface area contributed by atoms with Crippen molar-refractivity contribution < 1.29 is 5.11 Å². The molecule has 0 unspecified atom stereocenters. The van der Waals surface area contributed by atoms with Crippen molar-refractivity contribution in [2.24, 2.45) is 0 Å². The van der Waals surface area contributed by atoms with Gasteiger partial charge in [-0.15, -0.1) is 32.9 Å². The Morgan fingerprint density at radius 2 is 1.09 bits per heavy atom. The molecule has 1 N–H and O–H groups in total. The van der Waals surface area contributed by atoms with Crippen LogP contribution in [-0.4, -0.2) is 5.11 Å². The van der Waals surface area contributed by atoms with Gasteiger partial charge in [0, 0.05) is 0 Å². The standard InChI is InChI=1S/C9H10O.4C3H6/c1-2-5-8-6-3-4-7-9(8)10;4*1-3-2/h2-4,6-7,10H,1,5H2;4*3H,1H2,2H3. The van der Waals surface area contributed by atoms with Crippen LogP contribution in [0.4, 0.5) is 0 Å². The maximum Gasteiger partial charge on any atom is 0.119 e. The molecule has 0 aliphatic rings. The van der Waals surface area contributed by atoms with E-state index >= 15 is 0 Å². The first-order valence-electron chi connectivity index (χ1n) is 7.16. The quantitative estimate of drug-likeness (QED) is 0.590. The van der Waals surface area contributed by atoms with Gasteiger partial charge in [-0.05, 0) is 45.7 Å². The van der Waals surface area contributed by atoms with Crippen LogP contribution in [0.2, 0.25) is 0 Å². The fourth-order valence-electron chi connectivity index (χ4n) is 0.839. The Labute approximate surface area is 138 Å². The predicted molar refractivity (Wildman–Crippen MR) is 105 cm³/mol. The molecular weight excluding hydrogens is 268 g/mol. The molecule has 0 atom stereocenters. The summed E-state index contributed by atoms with van der Waals surface area (Å²) in [7, 11) is 0. The minimum atomic E-state index is 0.349. The maximum atomic E-state index is 9.19. The van der Waals surface area contributed by atoms with E-state index < -0.39 is 0 Å². The summed E-state index contributed by atoms with van der Waals surface area (Å²) in [6, 6.07) is 7.27. The van der Waals surface area contributed by atoms with Crippen LogP contribution < -0.4 is 0 Å². The first kappa shape index (κ1) is 28.0. The second kappa shape index (κ2) is 31.2. The molecule has 1 heteroatoms. The molecule has 0 aromatic heterocycles. The molecule has 1 aromatic rings. The Hall–Kier alpha value is -2.28. The number of phenolic OH excluding ortho intramolecular Hbond substituents is 1. The van der Waals surface area contributed by atoms with Gasteiger partial charge in [0.1, 0.15) is 5.75 Å². The number of para-hydroxylation sites is 1. The minimum absolute atomic E-state index is 0.349. The summed E-state index contributed by atoms with van der Waals surface area (Å²) in [6.45, 7) is 24.6. The highest BCUT2D eigenvalue weighted by atomic mass is 16.3. The predicted octanol–water partition coefficient (Wildman–Crippen LogP) is 6.89. The second-order valence-corrected chi connectivity index (χ2v) is 3.75. The van der Waals surface area contributed by atoms with E-state index in [9.17, 15) is 5.11 Å². The molecule has 0 aliphatic carbocycles. The van der Waals surface area contributed by atoms with Crippen molar-refractivity contribution >= 4 is 0 Å². The molecule has 0 amide bonds. The third kappa shape index (κ3) is 36.1. The summed E-state index contributed by atoms with van der Waals surface area (Å²) in [5.74, 6) is 0.349. The van der Waals surface area contributed by atoms with Gasteiger partial charge < -0.3 is 5.11 Å². The fraction of sp³-hybridized carbons (Fsp3) is 0.238. The fourth-order valence-corrected chi connectivity index (χ4v) is 0.839. The van der Waals surface area contributed by atoms with Gasteiger partial charge in [-0.25, -0.2) is 0 Å². The average molecular weight is 303 g/mol. The molecule has 22 heavy (non-hydrogen) atoms. The number of hydrogen-bond donors (Lipinski definition) is 1. The van der Waals surface area contributed by atoms with Crippen LogP contribution in [0, 0.1) is 0 Å².